The van der Waals surface area contributed by atoms with Gasteiger partial charge >= 0.3 is 33.6 Å². The number of carbonyl (C=O) groups is 3. The van der Waals surface area contributed by atoms with Crippen molar-refractivity contribution in [1.29, 1.82) is 0 Å². The van der Waals surface area contributed by atoms with Crippen molar-refractivity contribution in [2.24, 2.45) is 0 Å². The van der Waals surface area contributed by atoms with E-state index in [1.54, 1.807) is 0 Å². The largest absolute Gasteiger partial charge is 0.472 e. The Labute approximate surface area is 704 Å². The minimum atomic E-state index is -4.94. The number of phosphoric acid groups is 2. The van der Waals surface area contributed by atoms with Crippen LogP contribution in [0.5, 0.6) is 0 Å². The average Bonchev–Trinajstić information content (AvgIpc) is 0.902. The fourth-order valence-electron chi connectivity index (χ4n) is 13.2. The van der Waals surface area contributed by atoms with E-state index in [4.69, 9.17) is 32.3 Å². The van der Waals surface area contributed by atoms with Crippen molar-refractivity contribution < 1.29 is 75.8 Å². The third-order valence-corrected chi connectivity index (χ3v) is 22.3. The standard InChI is InChI=1S/C97H174O16P2/c1-4-7-10-13-16-19-22-25-28-30-32-34-36-38-40-42-43-44-45-46-47-49-51-52-54-56-58-60-63-65-68-71-74-77-80-83-95(100)107-86-92(98)87-109-114(103,104)110-88-93(99)89-111-115(105,106)112-91-94(113-97(102)85-82-79-76-73-70-67-62-27-24-21-18-15-12-9-6-3)90-108-96(101)84-81-78-75-72-69-66-64-61-59-57-55-53-50-48-41-39-37-35-33-31-29-26-23-20-17-14-11-8-5-2/h16-17,19-20,25-29,32-35,38-41,62,92-94,98-99H,4-15,18,21-24,30-31,36-37,42-61,63-91H2,1-3H3,(H,103,104)(H,105,106)/b19-16-,20-17-,28-25-,29-26-,34-32-,35-33-,40-38-,41-39-,62-27-. The molecule has 0 aliphatic carbocycles. The van der Waals surface area contributed by atoms with Crippen LogP contribution < -0.4 is 0 Å². The molecule has 0 heterocycles. The first kappa shape index (κ1) is 111. The Hall–Kier alpha value is -3.79. The molecule has 0 aromatic rings. The highest BCUT2D eigenvalue weighted by atomic mass is 31.2. The van der Waals surface area contributed by atoms with E-state index in [0.29, 0.717) is 19.3 Å². The van der Waals surface area contributed by atoms with Crippen LogP contribution in [0.2, 0.25) is 0 Å². The second-order valence-corrected chi connectivity index (χ2v) is 34.7. The number of allylic oxidation sites excluding steroid dienone is 18. The first-order valence-electron chi connectivity index (χ1n) is 47.2. The summed E-state index contributed by atoms with van der Waals surface area (Å²) in [5.41, 5.74) is 0. The number of hydrogen-bond donors (Lipinski definition) is 4. The molecule has 0 amide bonds. The average molecular weight is 1660 g/mol. The summed E-state index contributed by atoms with van der Waals surface area (Å²) in [7, 11) is -9.80. The van der Waals surface area contributed by atoms with E-state index in [0.717, 1.165) is 122 Å². The van der Waals surface area contributed by atoms with Gasteiger partial charge in [-0.1, -0.05) is 387 Å². The maximum atomic E-state index is 13.0. The molecular weight excluding hydrogens is 1480 g/mol. The van der Waals surface area contributed by atoms with E-state index in [1.807, 2.05) is 0 Å². The monoisotopic (exact) mass is 1660 g/mol. The molecule has 16 nitrogen and oxygen atoms in total. The fraction of sp³-hybridized carbons (Fsp3) is 0.784. The van der Waals surface area contributed by atoms with Crippen LogP contribution in [0.4, 0.5) is 0 Å². The zero-order valence-electron chi connectivity index (χ0n) is 73.7. The highest BCUT2D eigenvalue weighted by molar-refractivity contribution is 7.47. The highest BCUT2D eigenvalue weighted by Gasteiger charge is 2.30. The SMILES string of the molecule is CCCCC/C=C\C/C=C\C/C=C\C/C=C\CCCCCCCCCCCCCCCCCCCCCC(=O)OCC(O)COP(=O)(O)OCC(O)COP(=O)(O)OCC(COC(=O)CCCCCCCCCCCCCCC/C=C\C/C=C\C/C=C\C/C=C\CCCCC)OC(=O)CCCCCCC/C=C\CCCCCCCC. The number of aliphatic hydroxyl groups excluding tert-OH is 2. The van der Waals surface area contributed by atoms with E-state index in [1.165, 1.54) is 250 Å². The smallest absolute Gasteiger partial charge is 0.463 e. The normalized spacial score (nSPS) is 14.3. The lowest BCUT2D eigenvalue weighted by Crippen LogP contribution is -2.30. The number of aliphatic hydroxyl groups is 2. The molecule has 0 fully saturated rings. The van der Waals surface area contributed by atoms with Crippen molar-refractivity contribution in [2.75, 3.05) is 39.6 Å². The van der Waals surface area contributed by atoms with E-state index in [9.17, 15) is 43.5 Å². The Morgan fingerprint density at radius 1 is 0.243 bits per heavy atom. The highest BCUT2D eigenvalue weighted by Crippen LogP contribution is 2.45. The Morgan fingerprint density at radius 2 is 0.435 bits per heavy atom. The van der Waals surface area contributed by atoms with Gasteiger partial charge < -0.3 is 34.2 Å². The fourth-order valence-corrected chi connectivity index (χ4v) is 14.8. The number of unbranched alkanes of at least 4 members (excludes halogenated alkanes) is 49. The molecule has 0 bridgehead atoms. The zero-order valence-corrected chi connectivity index (χ0v) is 75.5. The van der Waals surface area contributed by atoms with Crippen molar-refractivity contribution in [3.05, 3.63) is 109 Å². The summed E-state index contributed by atoms with van der Waals surface area (Å²) in [6, 6.07) is 0. The maximum Gasteiger partial charge on any atom is 0.472 e. The van der Waals surface area contributed by atoms with Crippen molar-refractivity contribution in [1.82, 2.24) is 0 Å². The molecule has 0 aliphatic rings. The Kier molecular flexibility index (Phi) is 86.5. The summed E-state index contributed by atoms with van der Waals surface area (Å²) in [6.07, 6.45) is 109. The molecule has 668 valence electrons. The van der Waals surface area contributed by atoms with Crippen molar-refractivity contribution in [3.63, 3.8) is 0 Å². The summed E-state index contributed by atoms with van der Waals surface area (Å²) in [5, 5.41) is 20.7. The number of rotatable bonds is 90. The molecular formula is C97H174O16P2. The first-order chi connectivity index (χ1) is 56.2. The van der Waals surface area contributed by atoms with Crippen LogP contribution in [0.1, 0.15) is 432 Å². The van der Waals surface area contributed by atoms with Gasteiger partial charge in [0.1, 0.15) is 25.4 Å². The Bertz CT molecular complexity index is 2520. The topological polar surface area (TPSA) is 231 Å². The molecule has 0 saturated carbocycles. The van der Waals surface area contributed by atoms with Crippen LogP contribution in [-0.2, 0) is 55.8 Å². The van der Waals surface area contributed by atoms with Gasteiger partial charge in [-0.3, -0.25) is 32.5 Å². The quantitative estimate of drug-likeness (QED) is 0.0146. The summed E-state index contributed by atoms with van der Waals surface area (Å²) in [4.78, 5) is 58.9. The predicted octanol–water partition coefficient (Wildman–Crippen LogP) is 29.0. The van der Waals surface area contributed by atoms with Gasteiger partial charge in [0.2, 0.25) is 0 Å². The van der Waals surface area contributed by atoms with Crippen LogP contribution >= 0.6 is 15.6 Å². The Balaban J connectivity index is 4.41. The second kappa shape index (κ2) is 89.5. The molecule has 0 rings (SSSR count). The molecule has 0 aliphatic heterocycles. The number of esters is 3. The van der Waals surface area contributed by atoms with Gasteiger partial charge in [-0.15, -0.1) is 0 Å². The van der Waals surface area contributed by atoms with Gasteiger partial charge in [0.25, 0.3) is 0 Å². The van der Waals surface area contributed by atoms with E-state index >= 15 is 0 Å². The molecule has 18 heteroatoms. The van der Waals surface area contributed by atoms with Crippen LogP contribution in [0.25, 0.3) is 0 Å². The van der Waals surface area contributed by atoms with Gasteiger partial charge in [0.15, 0.2) is 6.10 Å². The van der Waals surface area contributed by atoms with Crippen molar-refractivity contribution in [2.45, 2.75) is 450 Å². The lowest BCUT2D eigenvalue weighted by atomic mass is 10.0. The first-order valence-corrected chi connectivity index (χ1v) is 50.2. The molecule has 0 spiro atoms. The van der Waals surface area contributed by atoms with Crippen LogP contribution in [0.3, 0.4) is 0 Å². The molecule has 115 heavy (non-hydrogen) atoms. The molecule has 0 radical (unpaired) electrons. The lowest BCUT2D eigenvalue weighted by Gasteiger charge is -2.21. The zero-order chi connectivity index (χ0) is 83.6. The number of carbonyl (C=O) groups excluding carboxylic acids is 3. The Morgan fingerprint density at radius 3 is 0.713 bits per heavy atom. The second-order valence-electron chi connectivity index (χ2n) is 31.8. The van der Waals surface area contributed by atoms with Gasteiger partial charge in [-0.05, 0) is 135 Å². The van der Waals surface area contributed by atoms with Crippen LogP contribution in [0.15, 0.2) is 109 Å². The molecule has 0 saturated heterocycles. The molecule has 5 unspecified atom stereocenters. The summed E-state index contributed by atoms with van der Waals surface area (Å²) < 4.78 is 61.4. The lowest BCUT2D eigenvalue weighted by molar-refractivity contribution is -0.161. The van der Waals surface area contributed by atoms with Gasteiger partial charge in [0, 0.05) is 19.3 Å². The predicted molar refractivity (Wildman–Crippen MR) is 482 cm³/mol. The number of hydrogen-bond acceptors (Lipinski definition) is 14. The number of phosphoric ester groups is 2. The van der Waals surface area contributed by atoms with E-state index in [2.05, 4.69) is 130 Å². The molecule has 0 aromatic carbocycles. The summed E-state index contributed by atoms with van der Waals surface area (Å²) in [5.74, 6) is -1.56. The number of ether oxygens (including phenoxy) is 3. The van der Waals surface area contributed by atoms with Gasteiger partial charge in [-0.2, -0.15) is 0 Å². The molecule has 5 atom stereocenters. The third-order valence-electron chi connectivity index (χ3n) is 20.4. The van der Waals surface area contributed by atoms with Crippen molar-refractivity contribution in [3.8, 4) is 0 Å². The maximum absolute atomic E-state index is 13.0. The minimum Gasteiger partial charge on any atom is -0.463 e. The van der Waals surface area contributed by atoms with Gasteiger partial charge in [-0.25, -0.2) is 9.13 Å². The van der Waals surface area contributed by atoms with Crippen molar-refractivity contribution >= 4 is 33.6 Å². The summed E-state index contributed by atoms with van der Waals surface area (Å²) in [6.45, 7) is 2.69. The van der Waals surface area contributed by atoms with E-state index in [-0.39, 0.29) is 19.3 Å². The summed E-state index contributed by atoms with van der Waals surface area (Å²) >= 11 is 0. The van der Waals surface area contributed by atoms with E-state index < -0.39 is 91.5 Å². The van der Waals surface area contributed by atoms with Crippen LogP contribution in [0, 0.1) is 0 Å². The third kappa shape index (κ3) is 90.8. The van der Waals surface area contributed by atoms with Gasteiger partial charge in [0.05, 0.1) is 26.4 Å². The molecule has 4 N–H and O–H groups in total. The van der Waals surface area contributed by atoms with Crippen LogP contribution in [-0.4, -0.2) is 95.9 Å². The minimum absolute atomic E-state index is 0.0963. The molecule has 0 aromatic heterocycles.